The van der Waals surface area contributed by atoms with E-state index in [0.29, 0.717) is 5.13 Å². The quantitative estimate of drug-likeness (QED) is 0.758. The van der Waals surface area contributed by atoms with E-state index in [2.05, 4.69) is 28.5 Å². The van der Waals surface area contributed by atoms with Crippen molar-refractivity contribution in [1.82, 2.24) is 4.98 Å². The molecule has 5 heteroatoms. The predicted octanol–water partition coefficient (Wildman–Crippen LogP) is 4.55. The summed E-state index contributed by atoms with van der Waals surface area (Å²) in [5, 5.41) is 3.41. The SMILES string of the molecule is Cc1cc(C)c(OCC(=O)Nc2nc3ccc(C)cc3s2)c(C)c1. The van der Waals surface area contributed by atoms with Gasteiger partial charge in [0.25, 0.3) is 5.91 Å². The van der Waals surface area contributed by atoms with Crippen LogP contribution >= 0.6 is 11.3 Å². The van der Waals surface area contributed by atoms with Crippen molar-refractivity contribution < 1.29 is 9.53 Å². The second-order valence-corrected chi connectivity index (χ2v) is 7.09. The van der Waals surface area contributed by atoms with Gasteiger partial charge in [-0.25, -0.2) is 4.98 Å². The van der Waals surface area contributed by atoms with Crippen LogP contribution in [0.2, 0.25) is 0 Å². The molecule has 1 N–H and O–H groups in total. The van der Waals surface area contributed by atoms with Crippen molar-refractivity contribution in [3.63, 3.8) is 0 Å². The number of aryl methyl sites for hydroxylation is 4. The number of rotatable bonds is 4. The van der Waals surface area contributed by atoms with Gasteiger partial charge in [0.15, 0.2) is 11.7 Å². The van der Waals surface area contributed by atoms with Gasteiger partial charge in [-0.1, -0.05) is 35.1 Å². The maximum absolute atomic E-state index is 12.1. The Morgan fingerprint density at radius 3 is 2.50 bits per heavy atom. The third-order valence-corrected chi connectivity index (χ3v) is 4.68. The minimum Gasteiger partial charge on any atom is -0.483 e. The van der Waals surface area contributed by atoms with Crippen LogP contribution in [0.4, 0.5) is 5.13 Å². The maximum Gasteiger partial charge on any atom is 0.264 e. The summed E-state index contributed by atoms with van der Waals surface area (Å²) in [6.45, 7) is 8.04. The monoisotopic (exact) mass is 340 g/mol. The third-order valence-electron chi connectivity index (χ3n) is 3.74. The number of carbonyl (C=O) groups is 1. The molecule has 0 unspecified atom stereocenters. The molecule has 0 atom stereocenters. The van der Waals surface area contributed by atoms with Gasteiger partial charge in [0, 0.05) is 0 Å². The van der Waals surface area contributed by atoms with Gasteiger partial charge in [0.1, 0.15) is 5.75 Å². The molecule has 4 nitrogen and oxygen atoms in total. The van der Waals surface area contributed by atoms with E-state index < -0.39 is 0 Å². The van der Waals surface area contributed by atoms with Gasteiger partial charge in [-0.05, 0) is 56.5 Å². The molecular formula is C19H20N2O2S. The van der Waals surface area contributed by atoms with Crippen molar-refractivity contribution in [2.75, 3.05) is 11.9 Å². The highest BCUT2D eigenvalue weighted by atomic mass is 32.1. The van der Waals surface area contributed by atoms with E-state index in [4.69, 9.17) is 4.74 Å². The number of nitrogens with zero attached hydrogens (tertiary/aromatic N) is 1. The lowest BCUT2D eigenvalue weighted by Gasteiger charge is -2.12. The topological polar surface area (TPSA) is 51.2 Å². The molecule has 0 saturated carbocycles. The summed E-state index contributed by atoms with van der Waals surface area (Å²) < 4.78 is 6.78. The first-order valence-corrected chi connectivity index (χ1v) is 8.62. The molecule has 0 bridgehead atoms. The molecule has 0 aliphatic carbocycles. The van der Waals surface area contributed by atoms with Crippen LogP contribution < -0.4 is 10.1 Å². The van der Waals surface area contributed by atoms with E-state index in [1.807, 2.05) is 39.8 Å². The predicted molar refractivity (Wildman–Crippen MR) is 99.1 cm³/mol. The number of aromatic nitrogens is 1. The third kappa shape index (κ3) is 3.57. The second-order valence-electron chi connectivity index (χ2n) is 6.05. The van der Waals surface area contributed by atoms with Gasteiger partial charge in [-0.2, -0.15) is 0 Å². The number of hydrogen-bond acceptors (Lipinski definition) is 4. The molecule has 2 aromatic carbocycles. The molecule has 3 rings (SSSR count). The van der Waals surface area contributed by atoms with Gasteiger partial charge in [0.2, 0.25) is 0 Å². The molecule has 0 radical (unpaired) electrons. The Kier molecular flexibility index (Phi) is 4.53. The summed E-state index contributed by atoms with van der Waals surface area (Å²) in [5.74, 6) is 0.570. The smallest absolute Gasteiger partial charge is 0.264 e. The fourth-order valence-corrected chi connectivity index (χ4v) is 3.75. The minimum absolute atomic E-state index is 0.0281. The summed E-state index contributed by atoms with van der Waals surface area (Å²) in [4.78, 5) is 16.6. The highest BCUT2D eigenvalue weighted by Crippen LogP contribution is 2.27. The molecule has 1 heterocycles. The van der Waals surface area contributed by atoms with Crippen LogP contribution in [0.15, 0.2) is 30.3 Å². The molecule has 0 saturated heterocycles. The highest BCUT2D eigenvalue weighted by Gasteiger charge is 2.11. The van der Waals surface area contributed by atoms with Gasteiger partial charge in [-0.15, -0.1) is 0 Å². The lowest BCUT2D eigenvalue weighted by Crippen LogP contribution is -2.20. The number of nitrogens with one attached hydrogen (secondary N) is 1. The molecule has 0 aliphatic heterocycles. The largest absolute Gasteiger partial charge is 0.483 e. The average molecular weight is 340 g/mol. The molecule has 24 heavy (non-hydrogen) atoms. The fourth-order valence-electron chi connectivity index (χ4n) is 2.77. The number of hydrogen-bond donors (Lipinski definition) is 1. The first kappa shape index (κ1) is 16.5. The van der Waals surface area contributed by atoms with Gasteiger partial charge in [-0.3, -0.25) is 10.1 Å². The Morgan fingerprint density at radius 1 is 1.08 bits per heavy atom. The van der Waals surface area contributed by atoms with Crippen LogP contribution in [0, 0.1) is 27.7 Å². The Balaban J connectivity index is 1.67. The summed E-state index contributed by atoms with van der Waals surface area (Å²) in [6.07, 6.45) is 0. The number of amides is 1. The molecule has 0 spiro atoms. The van der Waals surface area contributed by atoms with Crippen molar-refractivity contribution in [2.45, 2.75) is 27.7 Å². The normalized spacial score (nSPS) is 10.8. The van der Waals surface area contributed by atoms with E-state index in [1.165, 1.54) is 22.5 Å². The summed E-state index contributed by atoms with van der Waals surface area (Å²) in [5.41, 5.74) is 5.34. The molecular weight excluding hydrogens is 320 g/mol. The average Bonchev–Trinajstić information content (AvgIpc) is 2.87. The van der Waals surface area contributed by atoms with Crippen LogP contribution in [0.25, 0.3) is 10.2 Å². The lowest BCUT2D eigenvalue weighted by molar-refractivity contribution is -0.118. The van der Waals surface area contributed by atoms with Crippen LogP contribution in [0.5, 0.6) is 5.75 Å². The number of carbonyl (C=O) groups excluding carboxylic acids is 1. The molecule has 0 fully saturated rings. The van der Waals surface area contributed by atoms with Crippen molar-refractivity contribution >= 4 is 32.6 Å². The molecule has 0 aliphatic rings. The van der Waals surface area contributed by atoms with Crippen molar-refractivity contribution in [3.8, 4) is 5.75 Å². The standard InChI is InChI=1S/C19H20N2O2S/c1-11-5-6-15-16(9-11)24-19(20-15)21-17(22)10-23-18-13(3)7-12(2)8-14(18)4/h5-9H,10H2,1-4H3,(H,20,21,22). The van der Waals surface area contributed by atoms with Crippen LogP contribution in [0.1, 0.15) is 22.3 Å². The van der Waals surface area contributed by atoms with E-state index in [-0.39, 0.29) is 12.5 Å². The minimum atomic E-state index is -0.204. The van der Waals surface area contributed by atoms with E-state index in [1.54, 1.807) is 0 Å². The first-order chi connectivity index (χ1) is 11.4. The van der Waals surface area contributed by atoms with Crippen molar-refractivity contribution in [1.29, 1.82) is 0 Å². The molecule has 3 aromatic rings. The van der Waals surface area contributed by atoms with Crippen molar-refractivity contribution in [2.24, 2.45) is 0 Å². The molecule has 1 aromatic heterocycles. The lowest BCUT2D eigenvalue weighted by atomic mass is 10.1. The Bertz CT molecular complexity index is 892. The molecule has 124 valence electrons. The Labute approximate surface area is 145 Å². The Morgan fingerprint density at radius 2 is 1.79 bits per heavy atom. The number of ether oxygens (including phenoxy) is 1. The van der Waals surface area contributed by atoms with Crippen LogP contribution in [0.3, 0.4) is 0 Å². The highest BCUT2D eigenvalue weighted by molar-refractivity contribution is 7.22. The fraction of sp³-hybridized carbons (Fsp3) is 0.263. The van der Waals surface area contributed by atoms with E-state index in [9.17, 15) is 4.79 Å². The van der Waals surface area contributed by atoms with Gasteiger partial charge >= 0.3 is 0 Å². The number of fused-ring (bicyclic) bond motifs is 1. The first-order valence-electron chi connectivity index (χ1n) is 7.80. The number of benzene rings is 2. The zero-order valence-corrected chi connectivity index (χ0v) is 15.1. The van der Waals surface area contributed by atoms with Gasteiger partial charge in [0.05, 0.1) is 10.2 Å². The Hall–Kier alpha value is -2.40. The zero-order valence-electron chi connectivity index (χ0n) is 14.3. The second kappa shape index (κ2) is 6.61. The maximum atomic E-state index is 12.1. The molecule has 1 amide bonds. The zero-order chi connectivity index (χ0) is 17.3. The van der Waals surface area contributed by atoms with Crippen molar-refractivity contribution in [3.05, 3.63) is 52.6 Å². The summed E-state index contributed by atoms with van der Waals surface area (Å²) in [7, 11) is 0. The number of anilines is 1. The van der Waals surface area contributed by atoms with E-state index >= 15 is 0 Å². The van der Waals surface area contributed by atoms with Crippen LogP contribution in [-0.4, -0.2) is 17.5 Å². The number of thiazole rings is 1. The summed E-state index contributed by atoms with van der Waals surface area (Å²) >= 11 is 1.47. The van der Waals surface area contributed by atoms with Crippen LogP contribution in [-0.2, 0) is 4.79 Å². The summed E-state index contributed by atoms with van der Waals surface area (Å²) in [6, 6.07) is 10.1. The van der Waals surface area contributed by atoms with E-state index in [0.717, 1.165) is 27.1 Å². The van der Waals surface area contributed by atoms with Gasteiger partial charge < -0.3 is 4.74 Å².